The van der Waals surface area contributed by atoms with Crippen LogP contribution in [0.1, 0.15) is 29.7 Å². The third-order valence-electron chi connectivity index (χ3n) is 6.07. The summed E-state index contributed by atoms with van der Waals surface area (Å²) in [5.41, 5.74) is 5.14. The monoisotopic (exact) mass is 481 g/mol. The Labute approximate surface area is 209 Å². The lowest BCUT2D eigenvalue weighted by Gasteiger charge is -2.28. The SMILES string of the molecule is COc1ccc(NC(=O)C2=C(C)Nc3ncnn3[C@@H]2c2ccc(OCc3cccc(C)c3)cc2)cc1. The van der Waals surface area contributed by atoms with E-state index in [0.717, 1.165) is 22.6 Å². The van der Waals surface area contributed by atoms with E-state index in [9.17, 15) is 4.79 Å². The molecule has 1 aromatic heterocycles. The second kappa shape index (κ2) is 9.95. The highest BCUT2D eigenvalue weighted by atomic mass is 16.5. The zero-order valence-corrected chi connectivity index (χ0v) is 20.4. The van der Waals surface area contributed by atoms with Crippen LogP contribution in [-0.2, 0) is 11.4 Å². The van der Waals surface area contributed by atoms with Gasteiger partial charge in [0, 0.05) is 11.4 Å². The van der Waals surface area contributed by atoms with Crippen LogP contribution >= 0.6 is 0 Å². The predicted molar refractivity (Wildman–Crippen MR) is 138 cm³/mol. The molecule has 3 aromatic carbocycles. The number of anilines is 2. The molecule has 182 valence electrons. The molecule has 8 nitrogen and oxygen atoms in total. The van der Waals surface area contributed by atoms with Crippen molar-refractivity contribution in [3.8, 4) is 11.5 Å². The van der Waals surface area contributed by atoms with Crippen LogP contribution in [0.3, 0.4) is 0 Å². The van der Waals surface area contributed by atoms with Crippen LogP contribution in [0, 0.1) is 6.92 Å². The number of carbonyl (C=O) groups excluding carboxylic acids is 1. The number of rotatable bonds is 7. The van der Waals surface area contributed by atoms with Crippen molar-refractivity contribution >= 4 is 17.5 Å². The first kappa shape index (κ1) is 23.2. The van der Waals surface area contributed by atoms with Crippen LogP contribution in [0.15, 0.2) is 90.4 Å². The quantitative estimate of drug-likeness (QED) is 0.382. The molecule has 0 aliphatic carbocycles. The number of ether oxygens (including phenoxy) is 2. The molecule has 1 aliphatic rings. The van der Waals surface area contributed by atoms with Gasteiger partial charge in [0.05, 0.1) is 12.7 Å². The van der Waals surface area contributed by atoms with Crippen LogP contribution in [0.5, 0.6) is 11.5 Å². The molecule has 5 rings (SSSR count). The molecule has 0 spiro atoms. The number of carbonyl (C=O) groups is 1. The van der Waals surface area contributed by atoms with Crippen molar-refractivity contribution in [3.63, 3.8) is 0 Å². The fraction of sp³-hybridized carbons (Fsp3) is 0.179. The van der Waals surface area contributed by atoms with Crippen LogP contribution < -0.4 is 20.1 Å². The molecule has 36 heavy (non-hydrogen) atoms. The van der Waals surface area contributed by atoms with E-state index in [1.807, 2.05) is 43.3 Å². The number of amides is 1. The highest BCUT2D eigenvalue weighted by Gasteiger charge is 2.33. The summed E-state index contributed by atoms with van der Waals surface area (Å²) in [6.45, 7) is 4.41. The summed E-state index contributed by atoms with van der Waals surface area (Å²) < 4.78 is 12.9. The van der Waals surface area contributed by atoms with E-state index < -0.39 is 6.04 Å². The number of hydrogen-bond acceptors (Lipinski definition) is 6. The lowest BCUT2D eigenvalue weighted by atomic mass is 9.95. The van der Waals surface area contributed by atoms with Gasteiger partial charge in [-0.1, -0.05) is 42.0 Å². The van der Waals surface area contributed by atoms with Gasteiger partial charge in [-0.15, -0.1) is 0 Å². The number of aryl methyl sites for hydroxylation is 1. The summed E-state index contributed by atoms with van der Waals surface area (Å²) in [7, 11) is 1.61. The van der Waals surface area contributed by atoms with Gasteiger partial charge < -0.3 is 20.1 Å². The van der Waals surface area contributed by atoms with Gasteiger partial charge in [-0.2, -0.15) is 10.1 Å². The normalized spacial score (nSPS) is 14.6. The number of hydrogen-bond donors (Lipinski definition) is 2. The molecular formula is C28H27N5O3. The fourth-order valence-electron chi connectivity index (χ4n) is 4.28. The number of methoxy groups -OCH3 is 1. The molecule has 2 N–H and O–H groups in total. The van der Waals surface area contributed by atoms with Gasteiger partial charge in [0.2, 0.25) is 5.95 Å². The van der Waals surface area contributed by atoms with E-state index in [1.54, 1.807) is 36.1 Å². The summed E-state index contributed by atoms with van der Waals surface area (Å²) in [4.78, 5) is 17.8. The number of benzene rings is 3. The molecule has 4 aromatic rings. The van der Waals surface area contributed by atoms with Gasteiger partial charge in [-0.25, -0.2) is 4.68 Å². The van der Waals surface area contributed by atoms with Crippen LogP contribution in [0.25, 0.3) is 0 Å². The largest absolute Gasteiger partial charge is 0.497 e. The van der Waals surface area contributed by atoms with E-state index in [4.69, 9.17) is 9.47 Å². The van der Waals surface area contributed by atoms with Crippen molar-refractivity contribution in [2.75, 3.05) is 17.7 Å². The van der Waals surface area contributed by atoms with Crippen molar-refractivity contribution in [2.24, 2.45) is 0 Å². The van der Waals surface area contributed by atoms with Crippen LogP contribution in [0.2, 0.25) is 0 Å². The lowest BCUT2D eigenvalue weighted by molar-refractivity contribution is -0.113. The van der Waals surface area contributed by atoms with E-state index in [-0.39, 0.29) is 5.91 Å². The Morgan fingerprint density at radius 3 is 2.50 bits per heavy atom. The van der Waals surface area contributed by atoms with Crippen molar-refractivity contribution in [1.29, 1.82) is 0 Å². The minimum absolute atomic E-state index is 0.226. The van der Waals surface area contributed by atoms with Crippen molar-refractivity contribution in [2.45, 2.75) is 26.5 Å². The molecule has 0 fully saturated rings. The average molecular weight is 482 g/mol. The van der Waals surface area contributed by atoms with Gasteiger partial charge in [-0.3, -0.25) is 4.79 Å². The average Bonchev–Trinajstić information content (AvgIpc) is 3.35. The zero-order chi connectivity index (χ0) is 25.1. The maximum absolute atomic E-state index is 13.5. The first-order chi connectivity index (χ1) is 17.5. The standard InChI is InChI=1S/C28H27N5O3/c1-18-5-4-6-20(15-18)16-36-24-11-7-21(8-12-24)26-25(19(2)31-28-29-17-30-33(26)28)27(34)32-22-9-13-23(35-3)14-10-22/h4-15,17,26H,16H2,1-3H3,(H,32,34)(H,29,30,31)/t26-/m1/s1. The molecule has 2 heterocycles. The molecule has 0 bridgehead atoms. The number of nitrogens with zero attached hydrogens (tertiary/aromatic N) is 3. The molecule has 0 saturated carbocycles. The molecular weight excluding hydrogens is 454 g/mol. The topological polar surface area (TPSA) is 90.3 Å². The van der Waals surface area contributed by atoms with Crippen molar-refractivity contribution in [1.82, 2.24) is 14.8 Å². The Morgan fingerprint density at radius 1 is 1.03 bits per heavy atom. The molecule has 1 atom stereocenters. The number of nitrogens with one attached hydrogen (secondary N) is 2. The lowest BCUT2D eigenvalue weighted by Crippen LogP contribution is -2.31. The molecule has 1 aliphatic heterocycles. The van der Waals surface area contributed by atoms with E-state index >= 15 is 0 Å². The fourth-order valence-corrected chi connectivity index (χ4v) is 4.28. The zero-order valence-electron chi connectivity index (χ0n) is 20.4. The van der Waals surface area contributed by atoms with Crippen LogP contribution in [-0.4, -0.2) is 27.8 Å². The highest BCUT2D eigenvalue weighted by Crippen LogP contribution is 2.36. The van der Waals surface area contributed by atoms with Gasteiger partial charge in [0.1, 0.15) is 30.5 Å². The Bertz CT molecular complexity index is 1410. The third-order valence-corrected chi connectivity index (χ3v) is 6.07. The Morgan fingerprint density at radius 2 is 1.78 bits per heavy atom. The van der Waals surface area contributed by atoms with Gasteiger partial charge in [0.15, 0.2) is 0 Å². The second-order valence-electron chi connectivity index (χ2n) is 8.62. The van der Waals surface area contributed by atoms with Gasteiger partial charge in [-0.05, 0) is 61.4 Å². The smallest absolute Gasteiger partial charge is 0.255 e. The van der Waals surface area contributed by atoms with E-state index in [1.165, 1.54) is 11.9 Å². The first-order valence-corrected chi connectivity index (χ1v) is 11.6. The first-order valence-electron chi connectivity index (χ1n) is 11.6. The summed E-state index contributed by atoms with van der Waals surface area (Å²) in [6, 6.07) is 22.8. The van der Waals surface area contributed by atoms with Gasteiger partial charge in [0.25, 0.3) is 5.91 Å². The summed E-state index contributed by atoms with van der Waals surface area (Å²) in [5, 5.41) is 10.6. The van der Waals surface area contributed by atoms with Crippen molar-refractivity contribution in [3.05, 3.63) is 107 Å². The number of fused-ring (bicyclic) bond motifs is 1. The predicted octanol–water partition coefficient (Wildman–Crippen LogP) is 5.10. The Hall–Kier alpha value is -4.59. The molecule has 8 heteroatoms. The molecule has 0 radical (unpaired) electrons. The maximum atomic E-state index is 13.5. The third kappa shape index (κ3) is 4.79. The summed E-state index contributed by atoms with van der Waals surface area (Å²) in [6.07, 6.45) is 1.48. The Balaban J connectivity index is 1.39. The molecule has 1 amide bonds. The Kier molecular flexibility index (Phi) is 6.40. The van der Waals surface area contributed by atoms with E-state index in [2.05, 4.69) is 39.8 Å². The molecule has 0 saturated heterocycles. The highest BCUT2D eigenvalue weighted by molar-refractivity contribution is 6.06. The number of allylic oxidation sites excluding steroid dienone is 1. The summed E-state index contributed by atoms with van der Waals surface area (Å²) in [5.74, 6) is 1.82. The minimum Gasteiger partial charge on any atom is -0.497 e. The van der Waals surface area contributed by atoms with E-state index in [0.29, 0.717) is 29.5 Å². The number of aromatic nitrogens is 3. The molecule has 0 unspecified atom stereocenters. The van der Waals surface area contributed by atoms with Crippen LogP contribution in [0.4, 0.5) is 11.6 Å². The summed E-state index contributed by atoms with van der Waals surface area (Å²) >= 11 is 0. The maximum Gasteiger partial charge on any atom is 0.255 e. The van der Waals surface area contributed by atoms with Gasteiger partial charge >= 0.3 is 0 Å². The van der Waals surface area contributed by atoms with Crippen molar-refractivity contribution < 1.29 is 14.3 Å². The second-order valence-corrected chi connectivity index (χ2v) is 8.62. The minimum atomic E-state index is -0.451.